The van der Waals surface area contributed by atoms with Crippen molar-refractivity contribution in [1.82, 2.24) is 10.0 Å². The number of rotatable bonds is 9. The van der Waals surface area contributed by atoms with Gasteiger partial charge in [-0.1, -0.05) is 12.1 Å². The average molecular weight is 313 g/mol. The van der Waals surface area contributed by atoms with Crippen LogP contribution in [0, 0.1) is 0 Å². The van der Waals surface area contributed by atoms with Crippen LogP contribution in [0.15, 0.2) is 24.3 Å². The molecule has 21 heavy (non-hydrogen) atoms. The van der Waals surface area contributed by atoms with Crippen LogP contribution in [0.2, 0.25) is 0 Å². The lowest BCUT2D eigenvalue weighted by molar-refractivity contribution is 0.0953. The number of sulfonamides is 1. The highest BCUT2D eigenvalue weighted by Crippen LogP contribution is 2.05. The molecule has 1 aromatic rings. The van der Waals surface area contributed by atoms with E-state index in [4.69, 9.17) is 5.73 Å². The largest absolute Gasteiger partial charge is 0.352 e. The van der Waals surface area contributed by atoms with Crippen molar-refractivity contribution in [2.24, 2.45) is 5.73 Å². The minimum absolute atomic E-state index is 0.0519. The maximum atomic E-state index is 11.8. The molecule has 0 radical (unpaired) electrons. The van der Waals surface area contributed by atoms with Gasteiger partial charge in [-0.25, -0.2) is 13.1 Å². The zero-order valence-electron chi connectivity index (χ0n) is 12.3. The Labute approximate surface area is 126 Å². The van der Waals surface area contributed by atoms with Crippen molar-refractivity contribution in [3.8, 4) is 0 Å². The average Bonchev–Trinajstić information content (AvgIpc) is 2.50. The van der Waals surface area contributed by atoms with E-state index in [0.29, 0.717) is 18.7 Å². The smallest absolute Gasteiger partial charge is 0.251 e. The Morgan fingerprint density at radius 3 is 2.43 bits per heavy atom. The maximum absolute atomic E-state index is 11.8. The number of carbonyl (C=O) groups is 1. The van der Waals surface area contributed by atoms with Crippen LogP contribution in [-0.2, 0) is 16.6 Å². The number of nitrogens with two attached hydrogens (primary N) is 1. The van der Waals surface area contributed by atoms with Crippen molar-refractivity contribution in [1.29, 1.82) is 0 Å². The van der Waals surface area contributed by atoms with Gasteiger partial charge in [0.05, 0.1) is 5.75 Å². The minimum Gasteiger partial charge on any atom is -0.352 e. The molecule has 0 aromatic heterocycles. The molecule has 0 saturated carbocycles. The number of carbonyl (C=O) groups excluding carboxylic acids is 1. The van der Waals surface area contributed by atoms with Gasteiger partial charge in [-0.05, 0) is 44.0 Å². The summed E-state index contributed by atoms with van der Waals surface area (Å²) in [5.74, 6) is -0.0799. The molecule has 0 aliphatic heterocycles. The Morgan fingerprint density at radius 1 is 1.19 bits per heavy atom. The lowest BCUT2D eigenvalue weighted by Gasteiger charge is -2.07. The van der Waals surface area contributed by atoms with Crippen LogP contribution in [0.3, 0.4) is 0 Å². The van der Waals surface area contributed by atoms with E-state index in [1.54, 1.807) is 31.2 Å². The molecule has 1 rings (SSSR count). The summed E-state index contributed by atoms with van der Waals surface area (Å²) in [5, 5.41) is 2.81. The summed E-state index contributed by atoms with van der Waals surface area (Å²) in [6, 6.07) is 6.86. The molecule has 4 N–H and O–H groups in total. The predicted octanol–water partition coefficient (Wildman–Crippen LogP) is 0.595. The molecule has 0 saturated heterocycles. The van der Waals surface area contributed by atoms with Gasteiger partial charge in [-0.2, -0.15) is 0 Å². The highest BCUT2D eigenvalue weighted by molar-refractivity contribution is 7.89. The molecule has 0 spiro atoms. The molecule has 0 bridgehead atoms. The van der Waals surface area contributed by atoms with E-state index in [1.165, 1.54) is 0 Å². The highest BCUT2D eigenvalue weighted by Gasteiger charge is 2.07. The molecule has 0 heterocycles. The van der Waals surface area contributed by atoms with Crippen molar-refractivity contribution in [2.45, 2.75) is 26.3 Å². The van der Waals surface area contributed by atoms with Gasteiger partial charge in [0.1, 0.15) is 0 Å². The number of benzene rings is 1. The molecule has 1 amide bonds. The highest BCUT2D eigenvalue weighted by atomic mass is 32.2. The fourth-order valence-electron chi connectivity index (χ4n) is 1.64. The molecule has 6 nitrogen and oxygen atoms in total. The number of hydrogen-bond donors (Lipinski definition) is 3. The second-order valence-corrected chi connectivity index (χ2v) is 6.77. The molecule has 0 aliphatic rings. The van der Waals surface area contributed by atoms with Crippen LogP contribution in [0.25, 0.3) is 0 Å². The Bertz CT molecular complexity index is 541. The number of unbranched alkanes of at least 4 members (excludes halogenated alkanes) is 1. The molecule has 0 unspecified atom stereocenters. The van der Waals surface area contributed by atoms with Gasteiger partial charge in [0.15, 0.2) is 0 Å². The fourth-order valence-corrected chi connectivity index (χ4v) is 2.23. The van der Waals surface area contributed by atoms with Crippen molar-refractivity contribution < 1.29 is 13.2 Å². The Morgan fingerprint density at radius 2 is 1.86 bits per heavy atom. The second kappa shape index (κ2) is 8.76. The van der Waals surface area contributed by atoms with Crippen LogP contribution >= 0.6 is 0 Å². The van der Waals surface area contributed by atoms with E-state index in [0.717, 1.165) is 18.4 Å². The first kappa shape index (κ1) is 17.6. The quantitative estimate of drug-likeness (QED) is 0.581. The minimum atomic E-state index is -3.20. The van der Waals surface area contributed by atoms with E-state index in [1.807, 2.05) is 0 Å². The fraction of sp³-hybridized carbons (Fsp3) is 0.500. The summed E-state index contributed by atoms with van der Waals surface area (Å²) < 4.78 is 25.2. The van der Waals surface area contributed by atoms with E-state index in [-0.39, 0.29) is 18.2 Å². The summed E-state index contributed by atoms with van der Waals surface area (Å²) in [4.78, 5) is 11.8. The molecule has 0 atom stereocenters. The van der Waals surface area contributed by atoms with Crippen LogP contribution < -0.4 is 15.8 Å². The third-order valence-corrected chi connectivity index (χ3v) is 4.35. The van der Waals surface area contributed by atoms with E-state index < -0.39 is 10.0 Å². The van der Waals surface area contributed by atoms with Crippen molar-refractivity contribution in [3.63, 3.8) is 0 Å². The van der Waals surface area contributed by atoms with Crippen LogP contribution in [-0.4, -0.2) is 33.2 Å². The predicted molar refractivity (Wildman–Crippen MR) is 83.4 cm³/mol. The van der Waals surface area contributed by atoms with E-state index in [2.05, 4.69) is 10.0 Å². The molecule has 1 aromatic carbocycles. The van der Waals surface area contributed by atoms with Gasteiger partial charge in [0, 0.05) is 18.7 Å². The maximum Gasteiger partial charge on any atom is 0.251 e. The summed E-state index contributed by atoms with van der Waals surface area (Å²) in [5.41, 5.74) is 6.75. The number of amides is 1. The first-order valence-electron chi connectivity index (χ1n) is 7.03. The monoisotopic (exact) mass is 313 g/mol. The van der Waals surface area contributed by atoms with Gasteiger partial charge < -0.3 is 11.1 Å². The Kier molecular flexibility index (Phi) is 7.35. The summed E-state index contributed by atoms with van der Waals surface area (Å²) >= 11 is 0. The number of nitrogens with one attached hydrogen (secondary N) is 2. The molecular weight excluding hydrogens is 290 g/mol. The lowest BCUT2D eigenvalue weighted by atomic mass is 10.1. The SMILES string of the molecule is CCS(=O)(=O)NCc1ccc(C(=O)NCCCCN)cc1. The molecular formula is C14H23N3O3S. The third kappa shape index (κ3) is 6.70. The van der Waals surface area contributed by atoms with Gasteiger partial charge in [-0.3, -0.25) is 4.79 Å². The zero-order chi connectivity index (χ0) is 15.7. The van der Waals surface area contributed by atoms with Gasteiger partial charge >= 0.3 is 0 Å². The molecule has 0 aliphatic carbocycles. The van der Waals surface area contributed by atoms with Crippen LogP contribution in [0.5, 0.6) is 0 Å². The second-order valence-electron chi connectivity index (χ2n) is 4.67. The number of hydrogen-bond acceptors (Lipinski definition) is 4. The topological polar surface area (TPSA) is 101 Å². The Balaban J connectivity index is 2.48. The summed E-state index contributed by atoms with van der Waals surface area (Å²) in [6.45, 7) is 3.04. The van der Waals surface area contributed by atoms with Crippen molar-refractivity contribution >= 4 is 15.9 Å². The van der Waals surface area contributed by atoms with Crippen molar-refractivity contribution in [3.05, 3.63) is 35.4 Å². The molecule has 118 valence electrons. The zero-order valence-corrected chi connectivity index (χ0v) is 13.1. The standard InChI is InChI=1S/C14H23N3O3S/c1-2-21(19,20)17-11-12-5-7-13(8-6-12)14(18)16-10-4-3-9-15/h5-8,17H,2-4,9-11,15H2,1H3,(H,16,18). The van der Waals surface area contributed by atoms with Crippen molar-refractivity contribution in [2.75, 3.05) is 18.8 Å². The van der Waals surface area contributed by atoms with Crippen LogP contribution in [0.4, 0.5) is 0 Å². The third-order valence-electron chi connectivity index (χ3n) is 3.01. The van der Waals surface area contributed by atoms with Gasteiger partial charge in [-0.15, -0.1) is 0 Å². The normalized spacial score (nSPS) is 11.3. The Hall–Kier alpha value is -1.44. The summed E-state index contributed by atoms with van der Waals surface area (Å²) in [7, 11) is -3.20. The summed E-state index contributed by atoms with van der Waals surface area (Å²) in [6.07, 6.45) is 1.75. The molecule has 7 heteroatoms. The molecule has 0 fully saturated rings. The first-order chi connectivity index (χ1) is 9.98. The van der Waals surface area contributed by atoms with Gasteiger partial charge in [0.2, 0.25) is 10.0 Å². The van der Waals surface area contributed by atoms with E-state index >= 15 is 0 Å². The first-order valence-corrected chi connectivity index (χ1v) is 8.68. The van der Waals surface area contributed by atoms with E-state index in [9.17, 15) is 13.2 Å². The van der Waals surface area contributed by atoms with Crippen LogP contribution in [0.1, 0.15) is 35.7 Å². The lowest BCUT2D eigenvalue weighted by Crippen LogP contribution is -2.25. The van der Waals surface area contributed by atoms with Gasteiger partial charge in [0.25, 0.3) is 5.91 Å².